The molecule has 39 heavy (non-hydrogen) atoms. The Hall–Kier alpha value is -3.53. The van der Waals surface area contributed by atoms with E-state index in [0.29, 0.717) is 27.7 Å². The minimum absolute atomic E-state index is 0.146. The monoisotopic (exact) mass is 570 g/mol. The van der Waals surface area contributed by atoms with E-state index in [9.17, 15) is 4.79 Å². The number of carbonyl (C=O) groups excluding carboxylic acids is 1. The molecule has 1 amide bonds. The summed E-state index contributed by atoms with van der Waals surface area (Å²) >= 11 is 4.95. The van der Waals surface area contributed by atoms with E-state index in [4.69, 9.17) is 15.5 Å². The molecule has 3 heterocycles. The molecular weight excluding hydrogens is 545 g/mol. The zero-order valence-electron chi connectivity index (χ0n) is 21.2. The van der Waals surface area contributed by atoms with Crippen LogP contribution in [0, 0.1) is 0 Å². The Balaban J connectivity index is 1.29. The summed E-state index contributed by atoms with van der Waals surface area (Å²) in [5.74, 6) is 1.18. The van der Waals surface area contributed by atoms with Gasteiger partial charge in [-0.25, -0.2) is 9.97 Å². The lowest BCUT2D eigenvalue weighted by molar-refractivity contribution is -0.113. The van der Waals surface area contributed by atoms with Gasteiger partial charge in [0.05, 0.1) is 23.5 Å². The van der Waals surface area contributed by atoms with Gasteiger partial charge >= 0.3 is 0 Å². The van der Waals surface area contributed by atoms with E-state index >= 15 is 0 Å². The summed E-state index contributed by atoms with van der Waals surface area (Å²) in [5.41, 5.74) is 11.1. The van der Waals surface area contributed by atoms with Crippen LogP contribution in [0.5, 0.6) is 5.75 Å². The maximum Gasteiger partial charge on any atom is 0.234 e. The van der Waals surface area contributed by atoms with Gasteiger partial charge in [-0.15, -0.1) is 23.1 Å². The highest BCUT2D eigenvalue weighted by atomic mass is 32.2. The number of benzene rings is 3. The lowest BCUT2D eigenvalue weighted by Gasteiger charge is -2.30. The molecule has 0 saturated carbocycles. The topological polar surface area (TPSA) is 90.1 Å². The van der Waals surface area contributed by atoms with E-state index in [0.717, 1.165) is 16.6 Å². The van der Waals surface area contributed by atoms with E-state index in [1.54, 1.807) is 24.5 Å². The van der Waals surface area contributed by atoms with Crippen LogP contribution in [0.15, 0.2) is 90.1 Å². The van der Waals surface area contributed by atoms with Crippen molar-refractivity contribution in [2.45, 2.75) is 22.1 Å². The summed E-state index contributed by atoms with van der Waals surface area (Å²) in [6.45, 7) is 0. The van der Waals surface area contributed by atoms with E-state index in [-0.39, 0.29) is 16.9 Å². The Bertz CT molecular complexity index is 1630. The van der Waals surface area contributed by atoms with E-state index in [2.05, 4.69) is 71.0 Å². The maximum absolute atomic E-state index is 12.6. The number of fused-ring (bicyclic) bond motifs is 3. The van der Waals surface area contributed by atoms with Crippen LogP contribution < -0.4 is 15.8 Å². The van der Waals surface area contributed by atoms with Gasteiger partial charge in [0, 0.05) is 21.9 Å². The average molecular weight is 571 g/mol. The molecule has 0 aliphatic carbocycles. The number of nitrogens with zero attached hydrogens (tertiary/aromatic N) is 2. The second-order valence-corrected chi connectivity index (χ2v) is 12.4. The van der Waals surface area contributed by atoms with Crippen molar-refractivity contribution < 1.29 is 9.53 Å². The first kappa shape index (κ1) is 25.7. The van der Waals surface area contributed by atoms with Crippen molar-refractivity contribution in [3.63, 3.8) is 0 Å². The molecule has 2 aromatic heterocycles. The number of amides is 1. The van der Waals surface area contributed by atoms with Gasteiger partial charge in [0.1, 0.15) is 16.4 Å². The molecule has 6 rings (SSSR count). The van der Waals surface area contributed by atoms with Crippen LogP contribution >= 0.6 is 34.9 Å². The summed E-state index contributed by atoms with van der Waals surface area (Å²) < 4.78 is 5.23. The highest BCUT2D eigenvalue weighted by molar-refractivity contribution is 8.00. The Morgan fingerprint density at radius 3 is 2.51 bits per heavy atom. The van der Waals surface area contributed by atoms with Crippen LogP contribution in [-0.4, -0.2) is 28.7 Å². The molecule has 6 nitrogen and oxygen atoms in total. The van der Waals surface area contributed by atoms with Gasteiger partial charge in [-0.2, -0.15) is 0 Å². The van der Waals surface area contributed by atoms with Crippen molar-refractivity contribution in [3.8, 4) is 5.75 Å². The minimum atomic E-state index is -0.146. The zero-order chi connectivity index (χ0) is 26.8. The molecule has 196 valence electrons. The third-order valence-electron chi connectivity index (χ3n) is 6.58. The number of anilines is 2. The Labute approximate surface area is 239 Å². The first-order valence-corrected chi connectivity index (χ1v) is 15.2. The molecule has 3 N–H and O–H groups in total. The van der Waals surface area contributed by atoms with Gasteiger partial charge < -0.3 is 15.8 Å². The summed E-state index contributed by atoms with van der Waals surface area (Å²) in [4.78, 5) is 24.2. The number of ether oxygens (including phenoxy) is 1. The second-order valence-electron chi connectivity index (χ2n) is 9.12. The zero-order valence-corrected chi connectivity index (χ0v) is 23.6. The predicted molar refractivity (Wildman–Crippen MR) is 163 cm³/mol. The lowest BCUT2D eigenvalue weighted by Crippen LogP contribution is -2.14. The largest absolute Gasteiger partial charge is 0.497 e. The molecule has 3 aromatic carbocycles. The molecule has 0 fully saturated rings. The summed E-state index contributed by atoms with van der Waals surface area (Å²) in [6, 6.07) is 28.5. The number of rotatable bonds is 7. The second kappa shape index (κ2) is 11.3. The molecule has 9 heteroatoms. The predicted octanol–water partition coefficient (Wildman–Crippen LogP) is 7.13. The summed E-state index contributed by atoms with van der Waals surface area (Å²) in [7, 11) is 1.60. The van der Waals surface area contributed by atoms with Crippen molar-refractivity contribution >= 4 is 62.5 Å². The van der Waals surface area contributed by atoms with Crippen molar-refractivity contribution in [2.24, 2.45) is 0 Å². The van der Waals surface area contributed by atoms with Gasteiger partial charge in [-0.1, -0.05) is 78.5 Å². The Morgan fingerprint density at radius 2 is 1.77 bits per heavy atom. The number of thiophene rings is 1. The van der Waals surface area contributed by atoms with E-state index < -0.39 is 0 Å². The van der Waals surface area contributed by atoms with Crippen LogP contribution in [0.2, 0.25) is 0 Å². The highest BCUT2D eigenvalue weighted by Gasteiger charge is 2.34. The summed E-state index contributed by atoms with van der Waals surface area (Å²) in [6.07, 6.45) is 0.871. The van der Waals surface area contributed by atoms with Gasteiger partial charge in [0.2, 0.25) is 5.91 Å². The van der Waals surface area contributed by atoms with Gasteiger partial charge in [-0.05, 0) is 35.2 Å². The first-order valence-electron chi connectivity index (χ1n) is 12.5. The standard InChI is InChI=1S/C30H26N4O2S3/c1-36-21-14-8-13-20(15-21)32-24(35)17-37-30-33-28(31)25-22-16-23(18-9-4-2-5-10-18)38-26(19-11-6-3-7-12-19)27(22)39-29(25)34-30/h2-15,23,26H,16-17H2,1H3,(H,32,35)(H2,31,33,34)/t23-,26+/m0/s1. The van der Waals surface area contributed by atoms with Crippen molar-refractivity contribution in [2.75, 3.05) is 23.9 Å². The number of nitrogen functional groups attached to an aromatic ring is 1. The lowest BCUT2D eigenvalue weighted by atomic mass is 9.98. The van der Waals surface area contributed by atoms with Crippen molar-refractivity contribution in [3.05, 3.63) is 106 Å². The molecule has 0 saturated heterocycles. The number of methoxy groups -OCH3 is 1. The minimum Gasteiger partial charge on any atom is -0.497 e. The van der Waals surface area contributed by atoms with Crippen LogP contribution in [0.4, 0.5) is 11.5 Å². The SMILES string of the molecule is COc1cccc(NC(=O)CSc2nc(N)c3c4c(sc3n2)[C@@H](c2ccccc2)S[C@H](c2ccccc2)C4)c1. The third-order valence-corrected chi connectivity index (χ3v) is 10.3. The van der Waals surface area contributed by atoms with Gasteiger partial charge in [0.25, 0.3) is 0 Å². The Morgan fingerprint density at radius 1 is 1.03 bits per heavy atom. The van der Waals surface area contributed by atoms with Crippen LogP contribution in [0.25, 0.3) is 10.2 Å². The number of carbonyl (C=O) groups is 1. The number of nitrogens with two attached hydrogens (primary N) is 1. The number of thioether (sulfide) groups is 2. The molecular formula is C30H26N4O2S3. The number of nitrogens with one attached hydrogen (secondary N) is 1. The molecule has 0 bridgehead atoms. The maximum atomic E-state index is 12.6. The fourth-order valence-electron chi connectivity index (χ4n) is 4.77. The molecule has 0 unspecified atom stereocenters. The van der Waals surface area contributed by atoms with Crippen molar-refractivity contribution in [1.82, 2.24) is 9.97 Å². The molecule has 1 aliphatic rings. The number of hydrogen-bond donors (Lipinski definition) is 2. The summed E-state index contributed by atoms with van der Waals surface area (Å²) in [5, 5.41) is 4.83. The van der Waals surface area contributed by atoms with Crippen LogP contribution in [-0.2, 0) is 11.2 Å². The van der Waals surface area contributed by atoms with Crippen LogP contribution in [0.1, 0.15) is 32.1 Å². The van der Waals surface area contributed by atoms with Crippen LogP contribution in [0.3, 0.4) is 0 Å². The number of aromatic nitrogens is 2. The van der Waals surface area contributed by atoms with Gasteiger partial charge in [0.15, 0.2) is 5.16 Å². The van der Waals surface area contributed by atoms with E-state index in [1.165, 1.54) is 33.3 Å². The number of hydrogen-bond acceptors (Lipinski definition) is 8. The van der Waals surface area contributed by atoms with Crippen molar-refractivity contribution in [1.29, 1.82) is 0 Å². The third kappa shape index (κ3) is 5.48. The van der Waals surface area contributed by atoms with Gasteiger partial charge in [-0.3, -0.25) is 4.79 Å². The molecule has 2 atom stereocenters. The molecule has 0 spiro atoms. The molecule has 5 aromatic rings. The smallest absolute Gasteiger partial charge is 0.234 e. The average Bonchev–Trinajstić information content (AvgIpc) is 3.35. The fourth-order valence-corrected chi connectivity index (χ4v) is 8.50. The molecule has 0 radical (unpaired) electrons. The Kier molecular flexibility index (Phi) is 7.45. The first-order chi connectivity index (χ1) is 19.1. The highest BCUT2D eigenvalue weighted by Crippen LogP contribution is 2.55. The quantitative estimate of drug-likeness (QED) is 0.159. The normalized spacial score (nSPS) is 16.5. The molecule has 1 aliphatic heterocycles. The fraction of sp³-hybridized carbons (Fsp3) is 0.167. The van der Waals surface area contributed by atoms with E-state index in [1.807, 2.05) is 30.0 Å².